The molecule has 10 nitrogen and oxygen atoms in total. The van der Waals surface area contributed by atoms with E-state index in [0.29, 0.717) is 35.0 Å². The van der Waals surface area contributed by atoms with Gasteiger partial charge in [0.2, 0.25) is 0 Å². The summed E-state index contributed by atoms with van der Waals surface area (Å²) in [5.41, 5.74) is 2.37. The molecule has 11 heteroatoms. The fraction of sp³-hybridized carbons (Fsp3) is 0.514. The van der Waals surface area contributed by atoms with Crippen LogP contribution in [0.25, 0.3) is 11.1 Å². The molecule has 46 heavy (non-hydrogen) atoms. The van der Waals surface area contributed by atoms with Crippen molar-refractivity contribution in [1.29, 1.82) is 0 Å². The highest BCUT2D eigenvalue weighted by molar-refractivity contribution is 6.63. The molecule has 1 amide bonds. The highest BCUT2D eigenvalue weighted by atomic mass is 16.7. The zero-order valence-corrected chi connectivity index (χ0v) is 28.9. The van der Waals surface area contributed by atoms with Gasteiger partial charge < -0.3 is 28.8 Å². The summed E-state index contributed by atoms with van der Waals surface area (Å²) in [6, 6.07) is 15.9. The fourth-order valence-electron chi connectivity index (χ4n) is 4.91. The number of hydrogen-bond acceptors (Lipinski definition) is 8. The molecule has 0 unspecified atom stereocenters. The number of esters is 1. The summed E-state index contributed by atoms with van der Waals surface area (Å²) in [5, 5.41) is 7.57. The number of benzene rings is 2. The van der Waals surface area contributed by atoms with Crippen molar-refractivity contribution in [3.05, 3.63) is 65.4 Å². The van der Waals surface area contributed by atoms with Crippen molar-refractivity contribution < 1.29 is 33.1 Å². The molecule has 0 atom stereocenters. The lowest BCUT2D eigenvalue weighted by molar-refractivity contribution is 0.00578. The van der Waals surface area contributed by atoms with E-state index >= 15 is 0 Å². The Bertz CT molecular complexity index is 1490. The van der Waals surface area contributed by atoms with Crippen LogP contribution in [0.5, 0.6) is 5.75 Å². The Morgan fingerprint density at radius 1 is 0.978 bits per heavy atom. The summed E-state index contributed by atoms with van der Waals surface area (Å²) < 4.78 is 31.3. The minimum atomic E-state index is -0.849. The van der Waals surface area contributed by atoms with Crippen LogP contribution in [0.2, 0.25) is 0 Å². The number of carbonyl (C=O) groups is 2. The zero-order chi connectivity index (χ0) is 33.9. The standard InChI is InChI=1S/C35H48BN3O7/c1-11-42-31(40)29-28(26-16-18-27(19-17-26)43-22-24-12-14-25(15-13-24)23(2)3)30(36-45-34(7,8)35(9,10)46-36)38-39(29)21-20-37-32(41)44-33(4,5)6/h12-19,23H,11,20-22H2,1-10H3,(H,37,41). The molecule has 2 heterocycles. The van der Waals surface area contributed by atoms with Crippen molar-refractivity contribution in [1.82, 2.24) is 15.1 Å². The van der Waals surface area contributed by atoms with Crippen LogP contribution in [-0.2, 0) is 31.9 Å². The number of nitrogens with zero attached hydrogens (tertiary/aromatic N) is 2. The van der Waals surface area contributed by atoms with E-state index < -0.39 is 36.0 Å². The van der Waals surface area contributed by atoms with E-state index in [-0.39, 0.29) is 25.4 Å². The number of amides is 1. The second kappa shape index (κ2) is 13.9. The van der Waals surface area contributed by atoms with Crippen molar-refractivity contribution in [3.8, 4) is 16.9 Å². The Labute approximate surface area is 273 Å². The minimum Gasteiger partial charge on any atom is -0.489 e. The maximum atomic E-state index is 13.5. The van der Waals surface area contributed by atoms with E-state index in [0.717, 1.165) is 5.56 Å². The van der Waals surface area contributed by atoms with Crippen LogP contribution < -0.4 is 15.6 Å². The number of rotatable bonds is 11. The van der Waals surface area contributed by atoms with Crippen LogP contribution in [0.1, 0.15) is 96.8 Å². The number of alkyl carbamates (subject to hydrolysis) is 1. The Morgan fingerprint density at radius 3 is 2.13 bits per heavy atom. The average molecular weight is 634 g/mol. The number of hydrogen-bond donors (Lipinski definition) is 1. The number of nitrogens with one attached hydrogen (secondary N) is 1. The largest absolute Gasteiger partial charge is 0.517 e. The molecule has 1 saturated heterocycles. The lowest BCUT2D eigenvalue weighted by atomic mass is 9.79. The van der Waals surface area contributed by atoms with Crippen LogP contribution in [0.4, 0.5) is 4.79 Å². The molecule has 3 aromatic rings. The molecule has 1 aliphatic heterocycles. The number of ether oxygens (including phenoxy) is 3. The van der Waals surface area contributed by atoms with Gasteiger partial charge in [-0.1, -0.05) is 50.2 Å². The SMILES string of the molecule is CCOC(=O)c1c(-c2ccc(OCc3ccc(C(C)C)cc3)cc2)c(B2OC(C)(C)C(C)(C)O2)nn1CCNC(=O)OC(C)(C)C. The maximum absolute atomic E-state index is 13.5. The smallest absolute Gasteiger partial charge is 0.489 e. The van der Waals surface area contributed by atoms with Gasteiger partial charge in [-0.2, -0.15) is 5.10 Å². The van der Waals surface area contributed by atoms with Crippen LogP contribution >= 0.6 is 0 Å². The molecule has 1 fully saturated rings. The molecule has 0 saturated carbocycles. The number of aromatic nitrogens is 2. The van der Waals surface area contributed by atoms with Gasteiger partial charge in [-0.25, -0.2) is 9.59 Å². The Hall–Kier alpha value is -3.83. The van der Waals surface area contributed by atoms with Crippen molar-refractivity contribution >= 4 is 24.8 Å². The minimum absolute atomic E-state index is 0.163. The van der Waals surface area contributed by atoms with Crippen molar-refractivity contribution in [2.45, 2.75) is 105 Å². The summed E-state index contributed by atoms with van der Waals surface area (Å²) in [7, 11) is -0.849. The van der Waals surface area contributed by atoms with E-state index in [1.54, 1.807) is 27.7 Å². The van der Waals surface area contributed by atoms with Gasteiger partial charge in [0.1, 0.15) is 23.6 Å². The first-order valence-corrected chi connectivity index (χ1v) is 15.9. The van der Waals surface area contributed by atoms with E-state index in [4.69, 9.17) is 28.6 Å². The first-order valence-electron chi connectivity index (χ1n) is 15.9. The number of carbonyl (C=O) groups excluding carboxylic acids is 2. The first-order chi connectivity index (χ1) is 21.5. The highest BCUT2D eigenvalue weighted by Crippen LogP contribution is 2.38. The third-order valence-electron chi connectivity index (χ3n) is 8.11. The Balaban J connectivity index is 1.67. The molecule has 0 bridgehead atoms. The van der Waals surface area contributed by atoms with Gasteiger partial charge in [-0.3, -0.25) is 4.68 Å². The zero-order valence-electron chi connectivity index (χ0n) is 28.9. The fourth-order valence-corrected chi connectivity index (χ4v) is 4.91. The van der Waals surface area contributed by atoms with Crippen LogP contribution in [-0.4, -0.2) is 58.9 Å². The Kier molecular flexibility index (Phi) is 10.6. The van der Waals surface area contributed by atoms with Crippen LogP contribution in [0.15, 0.2) is 48.5 Å². The summed E-state index contributed by atoms with van der Waals surface area (Å²) in [5.74, 6) is 0.602. The topological polar surface area (TPSA) is 110 Å². The molecule has 4 rings (SSSR count). The molecule has 1 aliphatic rings. The molecule has 0 aliphatic carbocycles. The summed E-state index contributed by atoms with van der Waals surface area (Å²) in [6.45, 7) is 20.3. The lowest BCUT2D eigenvalue weighted by Crippen LogP contribution is -2.41. The van der Waals surface area contributed by atoms with E-state index in [1.165, 1.54) is 10.2 Å². The molecule has 0 radical (unpaired) electrons. The predicted octanol–water partition coefficient (Wildman–Crippen LogP) is 6.25. The van der Waals surface area contributed by atoms with E-state index in [2.05, 4.69) is 43.4 Å². The molecule has 1 aromatic heterocycles. The van der Waals surface area contributed by atoms with Gasteiger partial charge in [0.15, 0.2) is 5.69 Å². The van der Waals surface area contributed by atoms with Gasteiger partial charge in [0, 0.05) is 12.1 Å². The average Bonchev–Trinajstić information content (AvgIpc) is 3.44. The molecule has 1 N–H and O–H groups in total. The third kappa shape index (κ3) is 8.30. The second-order valence-electron chi connectivity index (χ2n) is 13.8. The van der Waals surface area contributed by atoms with E-state index in [9.17, 15) is 9.59 Å². The maximum Gasteiger partial charge on any atom is 0.517 e. The van der Waals surface area contributed by atoms with Gasteiger partial charge in [0.25, 0.3) is 0 Å². The molecule has 248 valence electrons. The summed E-state index contributed by atoms with van der Waals surface area (Å²) in [4.78, 5) is 25.8. The quantitative estimate of drug-likeness (QED) is 0.195. The molecule has 0 spiro atoms. The first kappa shape index (κ1) is 35.0. The van der Waals surface area contributed by atoms with Gasteiger partial charge in [-0.15, -0.1) is 0 Å². The Morgan fingerprint density at radius 2 is 1.59 bits per heavy atom. The molecule has 2 aromatic carbocycles. The molecular weight excluding hydrogens is 585 g/mol. The monoisotopic (exact) mass is 633 g/mol. The predicted molar refractivity (Wildman–Crippen MR) is 178 cm³/mol. The van der Waals surface area contributed by atoms with Crippen molar-refractivity contribution in [2.75, 3.05) is 13.2 Å². The summed E-state index contributed by atoms with van der Waals surface area (Å²) >= 11 is 0. The normalized spacial score (nSPS) is 15.6. The van der Waals surface area contributed by atoms with Gasteiger partial charge in [0.05, 0.1) is 24.4 Å². The highest BCUT2D eigenvalue weighted by Gasteiger charge is 2.54. The lowest BCUT2D eigenvalue weighted by Gasteiger charge is -2.32. The third-order valence-corrected chi connectivity index (χ3v) is 8.11. The van der Waals surface area contributed by atoms with E-state index in [1.807, 2.05) is 52.0 Å². The van der Waals surface area contributed by atoms with Crippen molar-refractivity contribution in [2.24, 2.45) is 0 Å². The van der Waals surface area contributed by atoms with Crippen molar-refractivity contribution in [3.63, 3.8) is 0 Å². The van der Waals surface area contributed by atoms with Crippen LogP contribution in [0.3, 0.4) is 0 Å². The van der Waals surface area contributed by atoms with Gasteiger partial charge >= 0.3 is 19.2 Å². The van der Waals surface area contributed by atoms with Gasteiger partial charge in [-0.05, 0) is 90.1 Å². The van der Waals surface area contributed by atoms with Crippen LogP contribution in [0, 0.1) is 0 Å². The molecular formula is C35H48BN3O7. The summed E-state index contributed by atoms with van der Waals surface area (Å²) in [6.07, 6.45) is -0.560. The second-order valence-corrected chi connectivity index (χ2v) is 13.8.